The molecule has 2 rings (SSSR count). The summed E-state index contributed by atoms with van der Waals surface area (Å²) < 4.78 is 83.1. The third-order valence-corrected chi connectivity index (χ3v) is 5.74. The topological polar surface area (TPSA) is 144 Å². The first-order chi connectivity index (χ1) is 20.0. The molecule has 0 aliphatic rings. The second kappa shape index (κ2) is 13.7. The standard InChI is InChI=1S/C27H28F6N8O2/c1-6-9-10-20(27(31,32)33)21(8-3)41-22(13-18(37-41)14-40(39-38-35)16(5)26(28,29)30)25(43)36-23-15(4)11-17(7-2)12-19(23)24(34)42/h6-13H,2,5,14H2,1,3-4H3,(H2,34,42)(H2,35,39)(H,36,43)/b9-6-,20-10+,21-8?. The van der Waals surface area contributed by atoms with Crippen molar-refractivity contribution in [3.63, 3.8) is 0 Å². The number of nitrogens with one attached hydrogen (secondary N) is 1. The molecule has 0 saturated carbocycles. The van der Waals surface area contributed by atoms with Crippen molar-refractivity contribution in [1.82, 2.24) is 14.8 Å². The van der Waals surface area contributed by atoms with E-state index < -0.39 is 53.4 Å². The van der Waals surface area contributed by atoms with E-state index in [1.54, 1.807) is 6.07 Å². The first-order valence-electron chi connectivity index (χ1n) is 12.2. The number of carbonyl (C=O) groups excluding carboxylic acids is 2. The summed E-state index contributed by atoms with van der Waals surface area (Å²) in [6.45, 7) is 9.94. The molecule has 1 aromatic carbocycles. The summed E-state index contributed by atoms with van der Waals surface area (Å²) in [5, 5.41) is 12.7. The number of aromatic nitrogens is 2. The minimum absolute atomic E-state index is 0.0519. The van der Waals surface area contributed by atoms with Gasteiger partial charge in [-0.2, -0.15) is 31.4 Å². The van der Waals surface area contributed by atoms with Crippen LogP contribution in [0.5, 0.6) is 0 Å². The number of allylic oxidation sites excluding steroid dienone is 7. The first-order valence-corrected chi connectivity index (χ1v) is 12.2. The first kappa shape index (κ1) is 34.1. The summed E-state index contributed by atoms with van der Waals surface area (Å²) in [4.78, 5) is 25.7. The van der Waals surface area contributed by atoms with Crippen LogP contribution < -0.4 is 16.9 Å². The lowest BCUT2D eigenvalue weighted by Crippen LogP contribution is -2.27. The summed E-state index contributed by atoms with van der Waals surface area (Å²) in [6.07, 6.45) is -4.30. The number of hydrogen-bond acceptors (Lipinski definition) is 5. The number of halogens is 6. The predicted molar refractivity (Wildman–Crippen MR) is 149 cm³/mol. The zero-order valence-corrected chi connectivity index (χ0v) is 23.2. The van der Waals surface area contributed by atoms with Crippen LogP contribution in [0.1, 0.15) is 51.5 Å². The molecule has 10 nitrogen and oxygen atoms in total. The van der Waals surface area contributed by atoms with Crippen molar-refractivity contribution in [2.24, 2.45) is 22.0 Å². The molecule has 2 aromatic rings. The predicted octanol–water partition coefficient (Wildman–Crippen LogP) is 6.23. The molecule has 1 aromatic heterocycles. The molecule has 0 spiro atoms. The van der Waals surface area contributed by atoms with Crippen molar-refractivity contribution in [2.75, 3.05) is 5.32 Å². The Morgan fingerprint density at radius 1 is 1.14 bits per heavy atom. The number of benzene rings is 1. The normalized spacial score (nSPS) is 13.0. The Hall–Kier alpha value is -5.15. The van der Waals surface area contributed by atoms with Crippen molar-refractivity contribution in [3.05, 3.63) is 95.0 Å². The number of carbonyl (C=O) groups is 2. The highest BCUT2D eigenvalue weighted by Crippen LogP contribution is 2.35. The van der Waals surface area contributed by atoms with E-state index in [1.807, 2.05) is 0 Å². The van der Waals surface area contributed by atoms with Gasteiger partial charge in [-0.25, -0.2) is 9.69 Å². The quantitative estimate of drug-likeness (QED) is 0.0909. The van der Waals surface area contributed by atoms with E-state index in [4.69, 9.17) is 11.6 Å². The lowest BCUT2D eigenvalue weighted by atomic mass is 10.0. The van der Waals surface area contributed by atoms with Crippen LogP contribution in [0.3, 0.4) is 0 Å². The van der Waals surface area contributed by atoms with Crippen LogP contribution in [-0.2, 0) is 6.54 Å². The summed E-state index contributed by atoms with van der Waals surface area (Å²) >= 11 is 0. The summed E-state index contributed by atoms with van der Waals surface area (Å²) in [5.74, 6) is 2.95. The smallest absolute Gasteiger partial charge is 0.366 e. The fourth-order valence-electron chi connectivity index (χ4n) is 3.78. The van der Waals surface area contributed by atoms with Crippen LogP contribution in [-0.4, -0.2) is 39.0 Å². The molecule has 230 valence electrons. The van der Waals surface area contributed by atoms with Gasteiger partial charge < -0.3 is 16.9 Å². The molecule has 16 heteroatoms. The fraction of sp³-hybridized carbons (Fsp3) is 0.222. The SMILES string of the molecule is C=Cc1cc(C)c(NC(=O)c2cc(CN(/N=N\N)C(=C)C(F)(F)F)nn2C(=CC)/C(=C\C=C/C)C(F)(F)F)c(C(N)=O)c1. The van der Waals surface area contributed by atoms with Gasteiger partial charge in [0, 0.05) is 0 Å². The Kier molecular flexibility index (Phi) is 10.8. The second-order valence-electron chi connectivity index (χ2n) is 8.70. The van der Waals surface area contributed by atoms with Crippen molar-refractivity contribution in [2.45, 2.75) is 39.7 Å². The third kappa shape index (κ3) is 8.21. The Bertz CT molecular complexity index is 1530. The number of aryl methyl sites for hydroxylation is 1. The van der Waals surface area contributed by atoms with E-state index in [0.717, 1.165) is 24.3 Å². The fourth-order valence-corrected chi connectivity index (χ4v) is 3.78. The molecular weight excluding hydrogens is 582 g/mol. The maximum absolute atomic E-state index is 14.1. The molecule has 2 amide bonds. The van der Waals surface area contributed by atoms with Gasteiger partial charge in [0.05, 0.1) is 34.8 Å². The molecule has 5 N–H and O–H groups in total. The molecule has 0 atom stereocenters. The average molecular weight is 611 g/mol. The van der Waals surface area contributed by atoms with Crippen LogP contribution in [0.2, 0.25) is 0 Å². The summed E-state index contributed by atoms with van der Waals surface area (Å²) in [7, 11) is 0. The maximum Gasteiger partial charge on any atom is 0.432 e. The average Bonchev–Trinajstić information content (AvgIpc) is 3.33. The third-order valence-electron chi connectivity index (χ3n) is 5.74. The second-order valence-corrected chi connectivity index (χ2v) is 8.70. The van der Waals surface area contributed by atoms with Crippen molar-refractivity contribution in [3.8, 4) is 0 Å². The van der Waals surface area contributed by atoms with Gasteiger partial charge in [0.25, 0.3) is 11.8 Å². The molecule has 0 aliphatic carbocycles. The zero-order chi connectivity index (χ0) is 32.7. The van der Waals surface area contributed by atoms with Gasteiger partial charge in [0.15, 0.2) is 0 Å². The largest absolute Gasteiger partial charge is 0.432 e. The Balaban J connectivity index is 2.81. The Morgan fingerprint density at radius 2 is 1.79 bits per heavy atom. The number of alkyl halides is 6. The van der Waals surface area contributed by atoms with E-state index in [-0.39, 0.29) is 22.0 Å². The van der Waals surface area contributed by atoms with Gasteiger partial charge in [-0.1, -0.05) is 42.7 Å². The number of primary amides is 1. The van der Waals surface area contributed by atoms with E-state index in [0.29, 0.717) is 15.8 Å². The molecular formula is C27H28F6N8O2. The molecule has 0 saturated heterocycles. The minimum Gasteiger partial charge on any atom is -0.366 e. The van der Waals surface area contributed by atoms with E-state index in [1.165, 1.54) is 39.0 Å². The summed E-state index contributed by atoms with van der Waals surface area (Å²) in [5.41, 5.74) is 1.91. The lowest BCUT2D eigenvalue weighted by Gasteiger charge is -2.20. The molecule has 0 fully saturated rings. The highest BCUT2D eigenvalue weighted by Gasteiger charge is 2.39. The zero-order valence-electron chi connectivity index (χ0n) is 23.2. The van der Waals surface area contributed by atoms with Gasteiger partial charge in [-0.05, 0) is 61.4 Å². The van der Waals surface area contributed by atoms with Crippen molar-refractivity contribution >= 4 is 29.3 Å². The van der Waals surface area contributed by atoms with Crippen LogP contribution in [0.25, 0.3) is 11.8 Å². The molecule has 0 unspecified atom stereocenters. The summed E-state index contributed by atoms with van der Waals surface area (Å²) in [6, 6.07) is 3.86. The number of nitrogens with zero attached hydrogens (tertiary/aromatic N) is 5. The number of nitrogens with two attached hydrogens (primary N) is 2. The highest BCUT2D eigenvalue weighted by atomic mass is 19.4. The van der Waals surface area contributed by atoms with E-state index in [2.05, 4.69) is 34.0 Å². The van der Waals surface area contributed by atoms with Gasteiger partial charge in [-0.15, -0.1) is 0 Å². The minimum atomic E-state index is -4.98. The van der Waals surface area contributed by atoms with Crippen LogP contribution in [0, 0.1) is 6.92 Å². The van der Waals surface area contributed by atoms with Gasteiger partial charge in [0.1, 0.15) is 11.4 Å². The monoisotopic (exact) mass is 610 g/mol. The number of hydrogen-bond donors (Lipinski definition) is 3. The molecule has 43 heavy (non-hydrogen) atoms. The Labute approximate surface area is 242 Å². The van der Waals surface area contributed by atoms with Crippen molar-refractivity contribution in [1.29, 1.82) is 0 Å². The van der Waals surface area contributed by atoms with E-state index >= 15 is 0 Å². The van der Waals surface area contributed by atoms with Crippen LogP contribution in [0.15, 0.2) is 77.4 Å². The Morgan fingerprint density at radius 3 is 2.28 bits per heavy atom. The lowest BCUT2D eigenvalue weighted by molar-refractivity contribution is -0.112. The van der Waals surface area contributed by atoms with E-state index in [9.17, 15) is 35.9 Å². The van der Waals surface area contributed by atoms with Gasteiger partial charge in [-0.3, -0.25) is 9.59 Å². The van der Waals surface area contributed by atoms with Crippen LogP contribution in [0.4, 0.5) is 32.0 Å². The van der Waals surface area contributed by atoms with Crippen molar-refractivity contribution < 1.29 is 35.9 Å². The van der Waals surface area contributed by atoms with Gasteiger partial charge >= 0.3 is 12.4 Å². The maximum atomic E-state index is 14.1. The number of rotatable bonds is 11. The number of amides is 2. The van der Waals surface area contributed by atoms with Gasteiger partial charge in [0.2, 0.25) is 0 Å². The molecule has 0 aliphatic heterocycles. The van der Waals surface area contributed by atoms with Crippen LogP contribution >= 0.6 is 0 Å². The molecule has 0 radical (unpaired) electrons. The number of anilines is 1. The molecule has 1 heterocycles. The molecule has 0 bridgehead atoms. The highest BCUT2D eigenvalue weighted by molar-refractivity contribution is 6.09.